The van der Waals surface area contributed by atoms with Crippen molar-refractivity contribution in [2.24, 2.45) is 0 Å². The Hall–Kier alpha value is -2.39. The second kappa shape index (κ2) is 5.11. The standard InChI is InChI=1S/C19H15NOS/c1-20-19-17(22)10-9-15-18(19)14-8-7-13(11-16(14)21-15)12-5-3-2-4-6-12/h2-11,20,22H,1H3. The molecular weight excluding hydrogens is 290 g/mol. The Kier molecular flexibility index (Phi) is 3.09. The van der Waals surface area contributed by atoms with Gasteiger partial charge in [0, 0.05) is 17.3 Å². The molecule has 0 radical (unpaired) electrons. The van der Waals surface area contributed by atoms with Crippen LogP contribution in [0.25, 0.3) is 33.1 Å². The molecule has 1 heterocycles. The first-order valence-corrected chi connectivity index (χ1v) is 7.64. The molecule has 0 aliphatic rings. The maximum atomic E-state index is 6.04. The molecule has 0 saturated heterocycles. The fourth-order valence-electron chi connectivity index (χ4n) is 2.92. The zero-order chi connectivity index (χ0) is 15.1. The number of nitrogens with one attached hydrogen (secondary N) is 1. The number of furan rings is 1. The minimum atomic E-state index is 0.877. The summed E-state index contributed by atoms with van der Waals surface area (Å²) in [6.45, 7) is 0. The molecule has 22 heavy (non-hydrogen) atoms. The Bertz CT molecular complexity index is 973. The predicted molar refractivity (Wildman–Crippen MR) is 96.0 cm³/mol. The summed E-state index contributed by atoms with van der Waals surface area (Å²) >= 11 is 4.53. The van der Waals surface area contributed by atoms with Crippen LogP contribution in [0.5, 0.6) is 0 Å². The van der Waals surface area contributed by atoms with Crippen LogP contribution < -0.4 is 5.32 Å². The molecule has 2 nitrogen and oxygen atoms in total. The van der Waals surface area contributed by atoms with Crippen LogP contribution in [-0.2, 0) is 0 Å². The molecule has 0 bridgehead atoms. The van der Waals surface area contributed by atoms with E-state index in [9.17, 15) is 0 Å². The maximum absolute atomic E-state index is 6.04. The van der Waals surface area contributed by atoms with Gasteiger partial charge in [0.15, 0.2) is 0 Å². The van der Waals surface area contributed by atoms with Crippen LogP contribution in [0.15, 0.2) is 70.0 Å². The summed E-state index contributed by atoms with van der Waals surface area (Å²) < 4.78 is 6.04. The molecule has 0 spiro atoms. The number of hydrogen-bond donors (Lipinski definition) is 2. The van der Waals surface area contributed by atoms with Crippen molar-refractivity contribution in [1.29, 1.82) is 0 Å². The van der Waals surface area contributed by atoms with Crippen LogP contribution in [0.2, 0.25) is 0 Å². The van der Waals surface area contributed by atoms with Gasteiger partial charge in [-0.3, -0.25) is 0 Å². The first kappa shape index (κ1) is 13.3. The van der Waals surface area contributed by atoms with Crippen molar-refractivity contribution in [2.45, 2.75) is 4.90 Å². The number of fused-ring (bicyclic) bond motifs is 3. The molecule has 0 saturated carbocycles. The third-order valence-corrected chi connectivity index (χ3v) is 4.35. The molecule has 0 atom stereocenters. The van der Waals surface area contributed by atoms with Crippen LogP contribution in [-0.4, -0.2) is 7.05 Å². The molecule has 0 amide bonds. The van der Waals surface area contributed by atoms with Gasteiger partial charge in [0.05, 0.1) is 11.1 Å². The summed E-state index contributed by atoms with van der Waals surface area (Å²) in [7, 11) is 1.91. The van der Waals surface area contributed by atoms with Gasteiger partial charge in [0.1, 0.15) is 11.2 Å². The third kappa shape index (κ3) is 1.97. The van der Waals surface area contributed by atoms with E-state index in [-0.39, 0.29) is 0 Å². The maximum Gasteiger partial charge on any atom is 0.137 e. The normalized spacial score (nSPS) is 11.2. The van der Waals surface area contributed by atoms with Gasteiger partial charge in [0.25, 0.3) is 0 Å². The number of anilines is 1. The highest BCUT2D eigenvalue weighted by atomic mass is 32.1. The second-order valence-electron chi connectivity index (χ2n) is 5.26. The Morgan fingerprint density at radius 1 is 0.864 bits per heavy atom. The average Bonchev–Trinajstić information content (AvgIpc) is 2.93. The van der Waals surface area contributed by atoms with E-state index in [0.29, 0.717) is 0 Å². The van der Waals surface area contributed by atoms with E-state index in [1.807, 2.05) is 37.4 Å². The number of thiol groups is 1. The minimum absolute atomic E-state index is 0.877. The molecule has 1 aromatic heterocycles. The van der Waals surface area contributed by atoms with Crippen molar-refractivity contribution >= 4 is 40.3 Å². The summed E-state index contributed by atoms with van der Waals surface area (Å²) in [6, 6.07) is 20.6. The molecule has 3 aromatic carbocycles. The second-order valence-corrected chi connectivity index (χ2v) is 5.74. The van der Waals surface area contributed by atoms with Gasteiger partial charge in [-0.15, -0.1) is 12.6 Å². The highest BCUT2D eigenvalue weighted by molar-refractivity contribution is 7.80. The first-order chi connectivity index (χ1) is 10.8. The summed E-state index contributed by atoms with van der Waals surface area (Å²) in [5.74, 6) is 0. The summed E-state index contributed by atoms with van der Waals surface area (Å²) in [6.07, 6.45) is 0. The van der Waals surface area contributed by atoms with Gasteiger partial charge < -0.3 is 9.73 Å². The quantitative estimate of drug-likeness (QED) is 0.472. The van der Waals surface area contributed by atoms with Crippen molar-refractivity contribution in [2.75, 3.05) is 12.4 Å². The molecule has 4 rings (SSSR count). The Balaban J connectivity index is 2.01. The van der Waals surface area contributed by atoms with Crippen molar-refractivity contribution in [1.82, 2.24) is 0 Å². The first-order valence-electron chi connectivity index (χ1n) is 7.19. The van der Waals surface area contributed by atoms with Gasteiger partial charge in [-0.25, -0.2) is 0 Å². The van der Waals surface area contributed by atoms with Crippen molar-refractivity contribution in [3.05, 3.63) is 60.7 Å². The lowest BCUT2D eigenvalue weighted by Gasteiger charge is -2.05. The van der Waals surface area contributed by atoms with Gasteiger partial charge in [-0.1, -0.05) is 36.4 Å². The van der Waals surface area contributed by atoms with Gasteiger partial charge >= 0.3 is 0 Å². The fraction of sp³-hybridized carbons (Fsp3) is 0.0526. The average molecular weight is 305 g/mol. The lowest BCUT2D eigenvalue weighted by molar-refractivity contribution is 0.669. The van der Waals surface area contributed by atoms with Gasteiger partial charge in [-0.05, 0) is 35.4 Å². The van der Waals surface area contributed by atoms with Crippen molar-refractivity contribution in [3.8, 4) is 11.1 Å². The van der Waals surface area contributed by atoms with E-state index in [1.165, 1.54) is 5.56 Å². The van der Waals surface area contributed by atoms with E-state index < -0.39 is 0 Å². The lowest BCUT2D eigenvalue weighted by Crippen LogP contribution is -1.90. The molecule has 108 valence electrons. The monoisotopic (exact) mass is 305 g/mol. The fourth-order valence-corrected chi connectivity index (χ4v) is 3.22. The van der Waals surface area contributed by atoms with E-state index in [1.54, 1.807) is 0 Å². The highest BCUT2D eigenvalue weighted by Gasteiger charge is 2.13. The third-order valence-electron chi connectivity index (χ3n) is 3.97. The molecule has 3 heteroatoms. The Morgan fingerprint density at radius 3 is 2.45 bits per heavy atom. The number of benzene rings is 3. The zero-order valence-corrected chi connectivity index (χ0v) is 13.0. The zero-order valence-electron chi connectivity index (χ0n) is 12.1. The topological polar surface area (TPSA) is 25.2 Å². The van der Waals surface area contributed by atoms with Crippen LogP contribution >= 0.6 is 12.6 Å². The molecule has 1 N–H and O–H groups in total. The smallest absolute Gasteiger partial charge is 0.137 e. The van der Waals surface area contributed by atoms with Crippen LogP contribution in [0, 0.1) is 0 Å². The largest absolute Gasteiger partial charge is 0.456 e. The summed E-state index contributed by atoms with van der Waals surface area (Å²) in [4.78, 5) is 0.921. The van der Waals surface area contributed by atoms with Crippen LogP contribution in [0.1, 0.15) is 0 Å². The lowest BCUT2D eigenvalue weighted by atomic mass is 10.0. The van der Waals surface area contributed by atoms with E-state index in [2.05, 4.69) is 48.3 Å². The van der Waals surface area contributed by atoms with E-state index in [4.69, 9.17) is 4.42 Å². The molecule has 0 unspecified atom stereocenters. The van der Waals surface area contributed by atoms with Crippen LogP contribution in [0.4, 0.5) is 5.69 Å². The minimum Gasteiger partial charge on any atom is -0.456 e. The Morgan fingerprint density at radius 2 is 1.68 bits per heavy atom. The van der Waals surface area contributed by atoms with Crippen molar-refractivity contribution < 1.29 is 4.42 Å². The van der Waals surface area contributed by atoms with Crippen LogP contribution in [0.3, 0.4) is 0 Å². The highest BCUT2D eigenvalue weighted by Crippen LogP contribution is 2.38. The number of hydrogen-bond acceptors (Lipinski definition) is 3. The molecule has 0 aliphatic carbocycles. The molecule has 0 fully saturated rings. The molecule has 0 aliphatic heterocycles. The predicted octanol–water partition coefficient (Wildman–Crippen LogP) is 5.58. The number of rotatable bonds is 2. The van der Waals surface area contributed by atoms with E-state index >= 15 is 0 Å². The van der Waals surface area contributed by atoms with Crippen molar-refractivity contribution in [3.63, 3.8) is 0 Å². The molecule has 4 aromatic rings. The summed E-state index contributed by atoms with van der Waals surface area (Å²) in [5, 5.41) is 5.42. The Labute approximate surface area is 134 Å². The SMILES string of the molecule is CNc1c(S)ccc2oc3cc(-c4ccccc4)ccc3c12. The summed E-state index contributed by atoms with van der Waals surface area (Å²) in [5.41, 5.74) is 5.12. The van der Waals surface area contributed by atoms with Gasteiger partial charge in [0.2, 0.25) is 0 Å². The van der Waals surface area contributed by atoms with Gasteiger partial charge in [-0.2, -0.15) is 0 Å². The molecular formula is C19H15NOS. The van der Waals surface area contributed by atoms with E-state index in [0.717, 1.165) is 38.1 Å².